The summed E-state index contributed by atoms with van der Waals surface area (Å²) in [5.41, 5.74) is 0. The number of unbranched alkanes of at least 4 members (excludes halogenated alkanes) is 3. The van der Waals surface area contributed by atoms with Crippen LogP contribution in [0.2, 0.25) is 0 Å². The minimum absolute atomic E-state index is 0.202. The van der Waals surface area contributed by atoms with Crippen LogP contribution in [-0.4, -0.2) is 116 Å². The van der Waals surface area contributed by atoms with Crippen molar-refractivity contribution in [3.8, 4) is 0 Å². The lowest BCUT2D eigenvalue weighted by Crippen LogP contribution is -2.50. The number of carbonyl (C=O) groups is 6. The van der Waals surface area contributed by atoms with Crippen LogP contribution in [0.25, 0.3) is 0 Å². The van der Waals surface area contributed by atoms with Crippen molar-refractivity contribution in [3.05, 3.63) is 0 Å². The highest BCUT2D eigenvalue weighted by atomic mass is 16.8. The fourth-order valence-corrected chi connectivity index (χ4v) is 7.93. The Morgan fingerprint density at radius 3 is 1.00 bits per heavy atom. The molecule has 0 aliphatic carbocycles. The van der Waals surface area contributed by atoms with E-state index in [0.29, 0.717) is 19.3 Å². The molecular weight excluding hydrogens is 749 g/mol. The molecule has 3 amide bonds. The normalized spacial score (nSPS) is 21.2. The van der Waals surface area contributed by atoms with Gasteiger partial charge < -0.3 is 28.2 Å². The first kappa shape index (κ1) is 48.7. The number of hydrogen-bond acceptors (Lipinski definition) is 12. The molecule has 6 atom stereocenters. The van der Waals surface area contributed by atoms with E-state index >= 15 is 0 Å². The van der Waals surface area contributed by atoms with E-state index in [4.69, 9.17) is 28.2 Å². The number of carbonyl (C=O) groups excluding carboxylic acids is 6. The summed E-state index contributed by atoms with van der Waals surface area (Å²) < 4.78 is 33.9. The predicted octanol–water partition coefficient (Wildman–Crippen LogP) is 7.79. The van der Waals surface area contributed by atoms with Crippen molar-refractivity contribution in [3.63, 3.8) is 0 Å². The molecule has 15 nitrogen and oxygen atoms in total. The highest BCUT2D eigenvalue weighted by molar-refractivity contribution is 6.44. The molecule has 0 spiro atoms. The van der Waals surface area contributed by atoms with Gasteiger partial charge in [-0.05, 0) is 75.5 Å². The second kappa shape index (κ2) is 26.4. The fourth-order valence-electron chi connectivity index (χ4n) is 7.93. The van der Waals surface area contributed by atoms with Gasteiger partial charge in [-0.2, -0.15) is 0 Å². The zero-order valence-electron chi connectivity index (χ0n) is 36.4. The van der Waals surface area contributed by atoms with Crippen molar-refractivity contribution in [1.29, 1.82) is 0 Å². The summed E-state index contributed by atoms with van der Waals surface area (Å²) in [5, 5.41) is 0. The minimum atomic E-state index is -3.26. The summed E-state index contributed by atoms with van der Waals surface area (Å²) >= 11 is 0. The van der Waals surface area contributed by atoms with Crippen molar-refractivity contribution in [2.24, 2.45) is 17.8 Å². The van der Waals surface area contributed by atoms with Gasteiger partial charge >= 0.3 is 25.6 Å². The molecule has 0 radical (unpaired) electrons. The molecule has 58 heavy (non-hydrogen) atoms. The first-order chi connectivity index (χ1) is 28.0. The highest BCUT2D eigenvalue weighted by Crippen LogP contribution is 2.26. The van der Waals surface area contributed by atoms with Gasteiger partial charge in [0.25, 0.3) is 17.9 Å². The molecule has 3 aliphatic rings. The Balaban J connectivity index is 1.74. The maximum absolute atomic E-state index is 13.8. The van der Waals surface area contributed by atoms with Crippen LogP contribution >= 0.6 is 0 Å². The molecule has 0 saturated carbocycles. The largest absolute Gasteiger partial charge is 0.624 e. The lowest BCUT2D eigenvalue weighted by Gasteiger charge is -2.34. The van der Waals surface area contributed by atoms with Crippen LogP contribution in [0.15, 0.2) is 0 Å². The van der Waals surface area contributed by atoms with Gasteiger partial charge in [0.15, 0.2) is 0 Å². The molecule has 0 aromatic rings. The Bertz CT molecular complexity index is 1150. The summed E-state index contributed by atoms with van der Waals surface area (Å²) in [6.45, 7) is 13.9. The summed E-state index contributed by atoms with van der Waals surface area (Å²) in [6.07, 6.45) is 11.9. The van der Waals surface area contributed by atoms with Crippen LogP contribution in [0.1, 0.15) is 157 Å². The Morgan fingerprint density at radius 2 is 0.759 bits per heavy atom. The summed E-state index contributed by atoms with van der Waals surface area (Å²) in [6, 6.07) is -3.15. The molecule has 3 aliphatic heterocycles. The molecule has 3 heterocycles. The van der Waals surface area contributed by atoms with Crippen LogP contribution < -0.4 is 0 Å². The van der Waals surface area contributed by atoms with Gasteiger partial charge in [0.1, 0.15) is 18.1 Å². The number of hydrogen-bond donors (Lipinski definition) is 0. The van der Waals surface area contributed by atoms with E-state index in [-0.39, 0.29) is 76.5 Å². The zero-order valence-corrected chi connectivity index (χ0v) is 36.4. The molecule has 3 unspecified atom stereocenters. The van der Waals surface area contributed by atoms with E-state index in [9.17, 15) is 28.8 Å². The SMILES string of the molecule is CCCCC(CC)COC(=O)N1CCC[C@H]1C(=O)O[BH-](OC(=O)[C@@H]1CCCN1C(=O)OCC(CC)CCCC)OC(=O)[C@@H]1CCCN1C(=O)OCC(CC)CCCC. The Labute approximate surface area is 347 Å². The lowest BCUT2D eigenvalue weighted by atomic mass is 10.0. The molecule has 3 rings (SSSR count). The van der Waals surface area contributed by atoms with Gasteiger partial charge in [0, 0.05) is 19.6 Å². The molecule has 332 valence electrons. The molecule has 16 heteroatoms. The molecule has 0 aromatic carbocycles. The van der Waals surface area contributed by atoms with E-state index in [1.54, 1.807) is 0 Å². The number of ether oxygens (including phenoxy) is 3. The number of amides is 3. The van der Waals surface area contributed by atoms with Crippen LogP contribution in [-0.2, 0) is 42.6 Å². The molecule has 0 aromatic heterocycles. The number of rotatable bonds is 24. The predicted molar refractivity (Wildman–Crippen MR) is 219 cm³/mol. The Hall–Kier alpha value is -3.72. The average Bonchev–Trinajstić information content (AvgIpc) is 4.03. The summed E-state index contributed by atoms with van der Waals surface area (Å²) in [7, 11) is -3.26. The first-order valence-corrected chi connectivity index (χ1v) is 22.6. The minimum Gasteiger partial charge on any atom is -0.624 e. The third-order valence-corrected chi connectivity index (χ3v) is 12.0. The summed E-state index contributed by atoms with van der Waals surface area (Å²) in [5.74, 6) is -2.12. The molecular formula is C42H73BN3O12-. The van der Waals surface area contributed by atoms with Crippen molar-refractivity contribution in [2.75, 3.05) is 39.5 Å². The number of nitrogens with zero attached hydrogens (tertiary/aromatic N) is 3. The molecule has 0 bridgehead atoms. The van der Waals surface area contributed by atoms with E-state index < -0.39 is 61.6 Å². The van der Waals surface area contributed by atoms with Crippen molar-refractivity contribution >= 4 is 43.5 Å². The third-order valence-electron chi connectivity index (χ3n) is 12.0. The van der Waals surface area contributed by atoms with Crippen LogP contribution in [0.4, 0.5) is 14.4 Å². The first-order valence-electron chi connectivity index (χ1n) is 22.6. The smallest absolute Gasteiger partial charge is 0.541 e. The molecule has 0 N–H and O–H groups in total. The Morgan fingerprint density at radius 1 is 0.483 bits per heavy atom. The third kappa shape index (κ3) is 15.1. The van der Waals surface area contributed by atoms with Gasteiger partial charge in [-0.3, -0.25) is 29.1 Å². The van der Waals surface area contributed by atoms with Crippen LogP contribution in [0.3, 0.4) is 0 Å². The highest BCUT2D eigenvalue weighted by Gasteiger charge is 2.42. The van der Waals surface area contributed by atoms with Gasteiger partial charge in [0.2, 0.25) is 0 Å². The van der Waals surface area contributed by atoms with Crippen molar-refractivity contribution in [2.45, 2.75) is 175 Å². The zero-order chi connectivity index (χ0) is 42.5. The van der Waals surface area contributed by atoms with Gasteiger partial charge in [-0.1, -0.05) is 99.3 Å². The van der Waals surface area contributed by atoms with Crippen LogP contribution in [0, 0.1) is 17.8 Å². The van der Waals surface area contributed by atoms with E-state index in [1.807, 2.05) is 20.8 Å². The summed E-state index contributed by atoms with van der Waals surface area (Å²) in [4.78, 5) is 84.8. The lowest BCUT2D eigenvalue weighted by molar-refractivity contribution is -0.153. The van der Waals surface area contributed by atoms with Crippen molar-refractivity contribution < 1.29 is 56.9 Å². The van der Waals surface area contributed by atoms with E-state index in [2.05, 4.69) is 20.8 Å². The van der Waals surface area contributed by atoms with E-state index in [1.165, 1.54) is 14.7 Å². The quantitative estimate of drug-likeness (QED) is 0.0686. The van der Waals surface area contributed by atoms with Crippen molar-refractivity contribution in [1.82, 2.24) is 14.7 Å². The second-order valence-electron chi connectivity index (χ2n) is 16.3. The van der Waals surface area contributed by atoms with Gasteiger partial charge in [-0.15, -0.1) is 0 Å². The molecule has 3 fully saturated rings. The van der Waals surface area contributed by atoms with Gasteiger partial charge in [0.05, 0.1) is 19.8 Å². The average molecular weight is 823 g/mol. The fraction of sp³-hybridized carbons (Fsp3) is 0.857. The number of likely N-dealkylation sites (tertiary alicyclic amines) is 3. The van der Waals surface area contributed by atoms with E-state index in [0.717, 1.165) is 77.0 Å². The topological polar surface area (TPSA) is 168 Å². The van der Waals surface area contributed by atoms with Gasteiger partial charge in [-0.25, -0.2) is 14.4 Å². The molecule has 3 saturated heterocycles. The Kier molecular flexibility index (Phi) is 22.1. The monoisotopic (exact) mass is 823 g/mol. The maximum atomic E-state index is 13.8. The standard InChI is InChI=1S/C42H73BN3O12/c1-7-13-19-31(10-4)28-53-40(50)44-25-16-22-34(44)37(47)56-43(57-38(48)35-23-17-26-45(35)41(51)54-29-32(11-5)20-14-8-2)58-39(49)36-24-18-27-46(36)42(52)55-30-33(12-6)21-15-9-3/h31-36,43H,7-30H2,1-6H3/q-1/t31?,32?,33?,34-,35-,36-,43?/m0/s1. The second-order valence-corrected chi connectivity index (χ2v) is 16.3. The maximum Gasteiger partial charge on any atom is 0.541 e. The van der Waals surface area contributed by atoms with Crippen LogP contribution in [0.5, 0.6) is 0 Å².